The molecule has 0 radical (unpaired) electrons. The molecule has 0 spiro atoms. The van der Waals surface area contributed by atoms with E-state index in [1.165, 1.54) is 0 Å². The van der Waals surface area contributed by atoms with Gasteiger partial charge < -0.3 is 5.73 Å². The fourth-order valence-corrected chi connectivity index (χ4v) is 1.43. The maximum absolute atomic E-state index is 6.06. The van der Waals surface area contributed by atoms with Gasteiger partial charge in [0.05, 0.1) is 0 Å². The summed E-state index contributed by atoms with van der Waals surface area (Å²) in [5.74, 6) is 0. The van der Waals surface area contributed by atoms with E-state index < -0.39 is 0 Å². The van der Waals surface area contributed by atoms with Gasteiger partial charge in [0.25, 0.3) is 0 Å². The van der Waals surface area contributed by atoms with Crippen molar-refractivity contribution in [3.63, 3.8) is 0 Å². The van der Waals surface area contributed by atoms with E-state index in [-0.39, 0.29) is 12.4 Å². The number of benzene rings is 1. The molecule has 2 N–H and O–H groups in total. The van der Waals surface area contributed by atoms with E-state index in [1.807, 2.05) is 24.3 Å². The number of nitrogens with two attached hydrogens (primary N) is 1. The fraction of sp³-hybridized carbons (Fsp3) is 0.455. The molecule has 1 aromatic rings. The van der Waals surface area contributed by atoms with Gasteiger partial charge in [0.15, 0.2) is 0 Å². The van der Waals surface area contributed by atoms with Crippen LogP contribution in [0.4, 0.5) is 0 Å². The molecule has 1 atom stereocenters. The Bertz CT molecular complexity index is 292. The molecule has 0 amide bonds. The minimum absolute atomic E-state index is 0. The monoisotopic (exact) mass is 248 g/mol. The minimum Gasteiger partial charge on any atom is -0.329 e. The molecule has 0 aliphatic carbocycles. The van der Waals surface area contributed by atoms with Crippen LogP contribution in [-0.2, 0) is 6.54 Å². The van der Waals surface area contributed by atoms with Crippen LogP contribution in [-0.4, -0.2) is 24.5 Å². The molecule has 1 rings (SSSR count). The van der Waals surface area contributed by atoms with Crippen LogP contribution in [0.1, 0.15) is 12.5 Å². The lowest BCUT2D eigenvalue weighted by molar-refractivity contribution is 0.255. The molecule has 4 heteroatoms. The lowest BCUT2D eigenvalue weighted by Gasteiger charge is -2.23. The Morgan fingerprint density at radius 3 is 2.53 bits per heavy atom. The first-order valence-corrected chi connectivity index (χ1v) is 5.16. The Labute approximate surface area is 103 Å². The second kappa shape index (κ2) is 7.07. The van der Waals surface area contributed by atoms with Crippen LogP contribution < -0.4 is 5.73 Å². The first-order valence-electron chi connectivity index (χ1n) is 4.79. The van der Waals surface area contributed by atoms with Gasteiger partial charge in [0, 0.05) is 24.2 Å². The highest BCUT2D eigenvalue weighted by molar-refractivity contribution is 6.31. The van der Waals surface area contributed by atoms with Gasteiger partial charge in [-0.25, -0.2) is 0 Å². The van der Waals surface area contributed by atoms with Crippen LogP contribution in [0.25, 0.3) is 0 Å². The summed E-state index contributed by atoms with van der Waals surface area (Å²) < 4.78 is 0. The molecule has 0 saturated heterocycles. The molecule has 1 unspecified atom stereocenters. The maximum atomic E-state index is 6.06. The van der Waals surface area contributed by atoms with Gasteiger partial charge in [-0.15, -0.1) is 12.4 Å². The van der Waals surface area contributed by atoms with Gasteiger partial charge in [-0.2, -0.15) is 0 Å². The SMILES string of the molecule is CC(CN)N(C)Cc1ccccc1Cl.Cl. The van der Waals surface area contributed by atoms with Crippen molar-refractivity contribution in [2.75, 3.05) is 13.6 Å². The van der Waals surface area contributed by atoms with Crippen molar-refractivity contribution in [3.8, 4) is 0 Å². The number of rotatable bonds is 4. The maximum Gasteiger partial charge on any atom is 0.0451 e. The molecule has 2 nitrogen and oxygen atoms in total. The van der Waals surface area contributed by atoms with Crippen LogP contribution in [0.15, 0.2) is 24.3 Å². The number of likely N-dealkylation sites (N-methyl/N-ethyl adjacent to an activating group) is 1. The van der Waals surface area contributed by atoms with Crippen LogP contribution in [0, 0.1) is 0 Å². The number of hydrogen-bond acceptors (Lipinski definition) is 2. The third kappa shape index (κ3) is 4.39. The molecule has 86 valence electrons. The molecule has 0 heterocycles. The highest BCUT2D eigenvalue weighted by Crippen LogP contribution is 2.16. The quantitative estimate of drug-likeness (QED) is 0.888. The number of hydrogen-bond donors (Lipinski definition) is 1. The van der Waals surface area contributed by atoms with Gasteiger partial charge >= 0.3 is 0 Å². The molecule has 0 aliphatic heterocycles. The van der Waals surface area contributed by atoms with Crippen molar-refractivity contribution in [1.82, 2.24) is 4.90 Å². The molecule has 0 fully saturated rings. The summed E-state index contributed by atoms with van der Waals surface area (Å²) in [5.41, 5.74) is 6.74. The van der Waals surface area contributed by atoms with E-state index in [9.17, 15) is 0 Å². The summed E-state index contributed by atoms with van der Waals surface area (Å²) in [7, 11) is 2.06. The summed E-state index contributed by atoms with van der Waals surface area (Å²) >= 11 is 6.06. The smallest absolute Gasteiger partial charge is 0.0451 e. The number of nitrogens with zero attached hydrogens (tertiary/aromatic N) is 1. The van der Waals surface area contributed by atoms with Crippen molar-refractivity contribution in [2.45, 2.75) is 19.5 Å². The van der Waals surface area contributed by atoms with E-state index in [4.69, 9.17) is 17.3 Å². The summed E-state index contributed by atoms with van der Waals surface area (Å²) in [6, 6.07) is 8.28. The van der Waals surface area contributed by atoms with Crippen molar-refractivity contribution >= 4 is 24.0 Å². The summed E-state index contributed by atoms with van der Waals surface area (Å²) in [6.45, 7) is 3.62. The third-order valence-corrected chi connectivity index (χ3v) is 2.84. The minimum atomic E-state index is 0. The average Bonchev–Trinajstić information content (AvgIpc) is 2.20. The van der Waals surface area contributed by atoms with E-state index >= 15 is 0 Å². The second-order valence-electron chi connectivity index (χ2n) is 3.59. The summed E-state index contributed by atoms with van der Waals surface area (Å²) in [5, 5.41) is 0.823. The van der Waals surface area contributed by atoms with Gasteiger partial charge in [-0.1, -0.05) is 29.8 Å². The first-order chi connectivity index (χ1) is 6.65. The standard InChI is InChI=1S/C11H17ClN2.ClH/c1-9(7-13)14(2)8-10-5-3-4-6-11(10)12;/h3-6,9H,7-8,13H2,1-2H3;1H. The molecule has 0 saturated carbocycles. The molecule has 0 aromatic heterocycles. The molecular formula is C11H18Cl2N2. The van der Waals surface area contributed by atoms with Crippen LogP contribution in [0.2, 0.25) is 5.02 Å². The lowest BCUT2D eigenvalue weighted by Crippen LogP contribution is -2.34. The largest absolute Gasteiger partial charge is 0.329 e. The van der Waals surface area contributed by atoms with E-state index in [2.05, 4.69) is 18.9 Å². The summed E-state index contributed by atoms with van der Waals surface area (Å²) in [6.07, 6.45) is 0. The molecule has 1 aromatic carbocycles. The zero-order valence-electron chi connectivity index (χ0n) is 9.11. The lowest BCUT2D eigenvalue weighted by atomic mass is 10.2. The van der Waals surface area contributed by atoms with Crippen molar-refractivity contribution in [2.24, 2.45) is 5.73 Å². The molecule has 15 heavy (non-hydrogen) atoms. The van der Waals surface area contributed by atoms with Gasteiger partial charge in [-0.05, 0) is 25.6 Å². The topological polar surface area (TPSA) is 29.3 Å². The predicted octanol–water partition coefficient (Wildman–Crippen LogP) is 2.54. The van der Waals surface area contributed by atoms with Gasteiger partial charge in [-0.3, -0.25) is 4.90 Å². The Kier molecular flexibility index (Phi) is 6.94. The Morgan fingerprint density at radius 2 is 2.00 bits per heavy atom. The number of halogens is 2. The molecular weight excluding hydrogens is 231 g/mol. The van der Waals surface area contributed by atoms with Gasteiger partial charge in [0.1, 0.15) is 0 Å². The van der Waals surface area contributed by atoms with Crippen molar-refractivity contribution in [3.05, 3.63) is 34.9 Å². The Hall–Kier alpha value is -0.280. The highest BCUT2D eigenvalue weighted by Gasteiger charge is 2.08. The van der Waals surface area contributed by atoms with Crippen LogP contribution in [0.5, 0.6) is 0 Å². The fourth-order valence-electron chi connectivity index (χ4n) is 1.23. The Morgan fingerprint density at radius 1 is 1.40 bits per heavy atom. The zero-order valence-corrected chi connectivity index (χ0v) is 10.7. The summed E-state index contributed by atoms with van der Waals surface area (Å²) in [4.78, 5) is 2.20. The van der Waals surface area contributed by atoms with Crippen molar-refractivity contribution in [1.29, 1.82) is 0 Å². The normalized spacial score (nSPS) is 12.3. The van der Waals surface area contributed by atoms with E-state index in [0.29, 0.717) is 12.6 Å². The molecule has 0 aliphatic rings. The highest BCUT2D eigenvalue weighted by atomic mass is 35.5. The zero-order chi connectivity index (χ0) is 10.6. The van der Waals surface area contributed by atoms with E-state index in [0.717, 1.165) is 17.1 Å². The average molecular weight is 249 g/mol. The Balaban J connectivity index is 0.00000196. The van der Waals surface area contributed by atoms with Crippen LogP contribution in [0.3, 0.4) is 0 Å². The first kappa shape index (κ1) is 14.7. The van der Waals surface area contributed by atoms with E-state index in [1.54, 1.807) is 0 Å². The van der Waals surface area contributed by atoms with Crippen LogP contribution >= 0.6 is 24.0 Å². The predicted molar refractivity (Wildman–Crippen MR) is 68.7 cm³/mol. The second-order valence-corrected chi connectivity index (χ2v) is 4.00. The molecule has 0 bridgehead atoms. The van der Waals surface area contributed by atoms with Crippen molar-refractivity contribution < 1.29 is 0 Å². The van der Waals surface area contributed by atoms with Gasteiger partial charge in [0.2, 0.25) is 0 Å². The third-order valence-electron chi connectivity index (χ3n) is 2.47.